The van der Waals surface area contributed by atoms with Gasteiger partial charge in [0, 0.05) is 30.7 Å². The molecule has 2 rings (SSSR count). The Morgan fingerprint density at radius 2 is 2.05 bits per heavy atom. The van der Waals surface area contributed by atoms with Crippen molar-refractivity contribution >= 4 is 45.6 Å². The number of rotatable bonds is 2. The van der Waals surface area contributed by atoms with Gasteiger partial charge < -0.3 is 5.32 Å². The highest BCUT2D eigenvalue weighted by Gasteiger charge is 2.30. The first-order chi connectivity index (χ1) is 8.41. The summed E-state index contributed by atoms with van der Waals surface area (Å²) in [5, 5.41) is 3.76. The van der Waals surface area contributed by atoms with Gasteiger partial charge in [-0.25, -0.2) is 8.42 Å². The van der Waals surface area contributed by atoms with E-state index in [4.69, 9.17) is 23.2 Å². The van der Waals surface area contributed by atoms with Gasteiger partial charge >= 0.3 is 0 Å². The molecule has 108 valence electrons. The Morgan fingerprint density at radius 1 is 1.37 bits per heavy atom. The molecular formula is C11H15Cl3N2O2S. The van der Waals surface area contributed by atoms with Gasteiger partial charge in [-0.1, -0.05) is 23.2 Å². The molecule has 1 aromatic rings. The highest BCUT2D eigenvalue weighted by molar-refractivity contribution is 7.89. The SMILES string of the molecule is C[C@@H]1CN(S(=O)(=O)c2cc(Cl)ccc2Cl)CCN1.Cl. The molecule has 0 aliphatic carbocycles. The van der Waals surface area contributed by atoms with Crippen LogP contribution in [0.3, 0.4) is 0 Å². The quantitative estimate of drug-likeness (QED) is 0.895. The maximum absolute atomic E-state index is 12.5. The fraction of sp³-hybridized carbons (Fsp3) is 0.455. The second-order valence-electron chi connectivity index (χ2n) is 4.29. The number of nitrogens with one attached hydrogen (secondary N) is 1. The van der Waals surface area contributed by atoms with E-state index in [-0.39, 0.29) is 28.4 Å². The van der Waals surface area contributed by atoms with Crippen LogP contribution in [-0.4, -0.2) is 38.4 Å². The summed E-state index contributed by atoms with van der Waals surface area (Å²) in [5.74, 6) is 0. The summed E-state index contributed by atoms with van der Waals surface area (Å²) in [6, 6.07) is 4.60. The fourth-order valence-electron chi connectivity index (χ4n) is 1.93. The van der Waals surface area contributed by atoms with E-state index < -0.39 is 10.0 Å². The van der Waals surface area contributed by atoms with Gasteiger partial charge in [0.15, 0.2) is 0 Å². The Morgan fingerprint density at radius 3 is 2.68 bits per heavy atom. The summed E-state index contributed by atoms with van der Waals surface area (Å²) in [7, 11) is -3.57. The van der Waals surface area contributed by atoms with E-state index in [1.165, 1.54) is 16.4 Å². The standard InChI is InChI=1S/C11H14Cl2N2O2S.ClH/c1-8-7-15(5-4-14-8)18(16,17)11-6-9(12)2-3-10(11)13;/h2-3,6,8,14H,4-5,7H2,1H3;1H/t8-;/m1./s1. The molecule has 1 aliphatic rings. The van der Waals surface area contributed by atoms with Crippen molar-refractivity contribution < 1.29 is 8.42 Å². The van der Waals surface area contributed by atoms with E-state index in [2.05, 4.69) is 5.32 Å². The number of benzene rings is 1. The zero-order valence-corrected chi connectivity index (χ0v) is 13.4. The highest BCUT2D eigenvalue weighted by atomic mass is 35.5. The van der Waals surface area contributed by atoms with E-state index in [9.17, 15) is 8.42 Å². The summed E-state index contributed by atoms with van der Waals surface area (Å²) in [6.07, 6.45) is 0. The first-order valence-corrected chi connectivity index (χ1v) is 7.79. The lowest BCUT2D eigenvalue weighted by molar-refractivity contribution is 0.310. The molecule has 4 nitrogen and oxygen atoms in total. The molecule has 0 bridgehead atoms. The van der Waals surface area contributed by atoms with Crippen LogP contribution in [0.1, 0.15) is 6.92 Å². The van der Waals surface area contributed by atoms with Crippen molar-refractivity contribution in [1.82, 2.24) is 9.62 Å². The number of halogens is 3. The Balaban J connectivity index is 0.00000180. The molecule has 0 unspecified atom stereocenters. The summed E-state index contributed by atoms with van der Waals surface area (Å²) < 4.78 is 26.4. The van der Waals surface area contributed by atoms with Crippen LogP contribution in [0.4, 0.5) is 0 Å². The number of hydrogen-bond acceptors (Lipinski definition) is 3. The van der Waals surface area contributed by atoms with E-state index in [1.807, 2.05) is 6.92 Å². The Bertz CT molecular complexity index is 551. The second-order valence-corrected chi connectivity index (χ2v) is 7.04. The summed E-state index contributed by atoms with van der Waals surface area (Å²) in [6.45, 7) is 3.46. The lowest BCUT2D eigenvalue weighted by Crippen LogP contribution is -2.51. The van der Waals surface area contributed by atoms with Crippen LogP contribution in [0.2, 0.25) is 10.0 Å². The topological polar surface area (TPSA) is 49.4 Å². The highest BCUT2D eigenvalue weighted by Crippen LogP contribution is 2.28. The number of hydrogen-bond donors (Lipinski definition) is 1. The minimum atomic E-state index is -3.57. The van der Waals surface area contributed by atoms with Gasteiger partial charge in [0.25, 0.3) is 0 Å². The minimum Gasteiger partial charge on any atom is -0.312 e. The minimum absolute atomic E-state index is 0. The molecule has 1 heterocycles. The van der Waals surface area contributed by atoms with Gasteiger partial charge in [0.2, 0.25) is 10.0 Å². The first-order valence-electron chi connectivity index (χ1n) is 5.60. The van der Waals surface area contributed by atoms with Crippen molar-refractivity contribution in [3.63, 3.8) is 0 Å². The fourth-order valence-corrected chi connectivity index (χ4v) is 4.20. The average Bonchev–Trinajstić information content (AvgIpc) is 2.32. The predicted molar refractivity (Wildman–Crippen MR) is 79.9 cm³/mol. The summed E-state index contributed by atoms with van der Waals surface area (Å²) >= 11 is 11.8. The Hall–Kier alpha value is -0.0400. The number of nitrogens with zero attached hydrogens (tertiary/aromatic N) is 1. The Labute approximate surface area is 129 Å². The van der Waals surface area contributed by atoms with Crippen molar-refractivity contribution in [1.29, 1.82) is 0 Å². The molecule has 1 aromatic carbocycles. The van der Waals surface area contributed by atoms with Crippen molar-refractivity contribution in [3.8, 4) is 0 Å². The van der Waals surface area contributed by atoms with Crippen LogP contribution in [0, 0.1) is 0 Å². The largest absolute Gasteiger partial charge is 0.312 e. The van der Waals surface area contributed by atoms with Crippen LogP contribution in [0.5, 0.6) is 0 Å². The smallest absolute Gasteiger partial charge is 0.244 e. The molecule has 19 heavy (non-hydrogen) atoms. The molecule has 1 aliphatic heterocycles. The second kappa shape index (κ2) is 6.61. The molecule has 0 radical (unpaired) electrons. The third kappa shape index (κ3) is 3.74. The molecule has 1 atom stereocenters. The predicted octanol–water partition coefficient (Wildman–Crippen LogP) is 2.40. The molecule has 0 spiro atoms. The molecule has 1 fully saturated rings. The first kappa shape index (κ1) is 17.0. The van der Waals surface area contributed by atoms with E-state index in [1.54, 1.807) is 6.07 Å². The zero-order chi connectivity index (χ0) is 13.3. The van der Waals surface area contributed by atoms with Gasteiger partial charge in [-0.15, -0.1) is 12.4 Å². The molecule has 0 aromatic heterocycles. The van der Waals surface area contributed by atoms with Crippen LogP contribution >= 0.6 is 35.6 Å². The third-order valence-electron chi connectivity index (χ3n) is 2.84. The van der Waals surface area contributed by atoms with Crippen molar-refractivity contribution in [3.05, 3.63) is 28.2 Å². The Kier molecular flexibility index (Phi) is 5.92. The molecule has 0 saturated carbocycles. The number of sulfonamides is 1. The van der Waals surface area contributed by atoms with E-state index in [0.717, 1.165) is 0 Å². The maximum atomic E-state index is 12.5. The van der Waals surface area contributed by atoms with Gasteiger partial charge in [-0.2, -0.15) is 4.31 Å². The van der Waals surface area contributed by atoms with E-state index in [0.29, 0.717) is 24.7 Å². The molecule has 0 amide bonds. The molecular weight excluding hydrogens is 331 g/mol. The lowest BCUT2D eigenvalue weighted by Gasteiger charge is -2.31. The van der Waals surface area contributed by atoms with Crippen LogP contribution in [-0.2, 0) is 10.0 Å². The van der Waals surface area contributed by atoms with Gasteiger partial charge in [-0.05, 0) is 25.1 Å². The number of piperazine rings is 1. The summed E-state index contributed by atoms with van der Waals surface area (Å²) in [4.78, 5) is 0.0748. The lowest BCUT2D eigenvalue weighted by atomic mass is 10.3. The van der Waals surface area contributed by atoms with E-state index >= 15 is 0 Å². The van der Waals surface area contributed by atoms with Crippen molar-refractivity contribution in [2.75, 3.05) is 19.6 Å². The molecule has 1 N–H and O–H groups in total. The van der Waals surface area contributed by atoms with Crippen molar-refractivity contribution in [2.45, 2.75) is 17.9 Å². The van der Waals surface area contributed by atoms with Crippen molar-refractivity contribution in [2.24, 2.45) is 0 Å². The van der Waals surface area contributed by atoms with Gasteiger partial charge in [-0.3, -0.25) is 0 Å². The van der Waals surface area contributed by atoms with Gasteiger partial charge in [0.1, 0.15) is 4.90 Å². The monoisotopic (exact) mass is 344 g/mol. The maximum Gasteiger partial charge on any atom is 0.244 e. The molecule has 1 saturated heterocycles. The zero-order valence-electron chi connectivity index (χ0n) is 10.3. The van der Waals surface area contributed by atoms with Crippen LogP contribution in [0.25, 0.3) is 0 Å². The third-order valence-corrected chi connectivity index (χ3v) is 5.42. The average molecular weight is 346 g/mol. The van der Waals surface area contributed by atoms with Gasteiger partial charge in [0.05, 0.1) is 5.02 Å². The summed E-state index contributed by atoms with van der Waals surface area (Å²) in [5.41, 5.74) is 0. The van der Waals surface area contributed by atoms with Crippen LogP contribution < -0.4 is 5.32 Å². The van der Waals surface area contributed by atoms with Crippen LogP contribution in [0.15, 0.2) is 23.1 Å². The molecule has 8 heteroatoms. The normalized spacial score (nSPS) is 20.9.